The molecule has 0 saturated carbocycles. The van der Waals surface area contributed by atoms with Crippen LogP contribution in [0.15, 0.2) is 77.3 Å². The van der Waals surface area contributed by atoms with Gasteiger partial charge in [-0.25, -0.2) is 4.98 Å². The van der Waals surface area contributed by atoms with E-state index >= 15 is 0 Å². The van der Waals surface area contributed by atoms with E-state index in [-0.39, 0.29) is 11.9 Å². The van der Waals surface area contributed by atoms with Gasteiger partial charge < -0.3 is 9.88 Å². The number of nitrogens with zero attached hydrogens (tertiary/aromatic N) is 2. The van der Waals surface area contributed by atoms with Gasteiger partial charge in [0.1, 0.15) is 5.82 Å². The Hall–Kier alpha value is -2.92. The third-order valence-corrected chi connectivity index (χ3v) is 5.84. The number of aryl methyl sites for hydroxylation is 1. The van der Waals surface area contributed by atoms with Gasteiger partial charge in [0, 0.05) is 11.0 Å². The van der Waals surface area contributed by atoms with Crippen LogP contribution in [0.5, 0.6) is 0 Å². The lowest BCUT2D eigenvalue weighted by Gasteiger charge is -2.17. The number of carbonyl (C=O) groups excluding carboxylic acids is 1. The number of para-hydroxylation sites is 2. The molecule has 1 atom stereocenters. The average Bonchev–Trinajstić information content (AvgIpc) is 3.10. The van der Waals surface area contributed by atoms with Crippen LogP contribution in [-0.4, -0.2) is 15.5 Å². The van der Waals surface area contributed by atoms with E-state index in [1.807, 2.05) is 68.4 Å². The average molecular weight is 462 g/mol. The number of hydrogen-bond donors (Lipinski definition) is 1. The number of rotatable bonds is 6. The Labute approximate surface area is 185 Å². The first kappa shape index (κ1) is 20.4. The van der Waals surface area contributed by atoms with E-state index in [1.165, 1.54) is 5.56 Å². The molecule has 4 rings (SSSR count). The molecule has 3 aromatic carbocycles. The summed E-state index contributed by atoms with van der Waals surface area (Å²) in [6.07, 6.45) is 0.365. The number of imidazole rings is 1. The zero-order chi connectivity index (χ0) is 21.1. The van der Waals surface area contributed by atoms with E-state index in [4.69, 9.17) is 4.98 Å². The molecule has 1 unspecified atom stereocenters. The maximum Gasteiger partial charge on any atom is 0.225 e. The molecule has 0 radical (unpaired) electrons. The van der Waals surface area contributed by atoms with Crippen molar-refractivity contribution < 1.29 is 4.79 Å². The van der Waals surface area contributed by atoms with Gasteiger partial charge in [0.05, 0.1) is 23.5 Å². The summed E-state index contributed by atoms with van der Waals surface area (Å²) >= 11 is 3.49. The molecule has 1 amide bonds. The molecule has 1 N–H and O–H groups in total. The summed E-state index contributed by atoms with van der Waals surface area (Å²) < 4.78 is 3.25. The molecular weight excluding hydrogens is 438 g/mol. The largest absolute Gasteiger partial charge is 0.346 e. The normalized spacial score (nSPS) is 12.1. The van der Waals surface area contributed by atoms with Crippen molar-refractivity contribution in [3.63, 3.8) is 0 Å². The Balaban J connectivity index is 1.60. The van der Waals surface area contributed by atoms with Crippen molar-refractivity contribution in [2.45, 2.75) is 32.9 Å². The molecule has 152 valence electrons. The van der Waals surface area contributed by atoms with Gasteiger partial charge in [-0.05, 0) is 54.8 Å². The van der Waals surface area contributed by atoms with E-state index in [1.54, 1.807) is 0 Å². The predicted octanol–water partition coefficient (Wildman–Crippen LogP) is 5.58. The molecule has 0 aliphatic carbocycles. The molecule has 5 heteroatoms. The van der Waals surface area contributed by atoms with Gasteiger partial charge in [-0.15, -0.1) is 0 Å². The highest BCUT2D eigenvalue weighted by Crippen LogP contribution is 2.23. The maximum absolute atomic E-state index is 12.7. The molecule has 0 aliphatic heterocycles. The fourth-order valence-corrected chi connectivity index (χ4v) is 3.97. The highest BCUT2D eigenvalue weighted by molar-refractivity contribution is 9.10. The fourth-order valence-electron chi connectivity index (χ4n) is 3.70. The van der Waals surface area contributed by atoms with Crippen molar-refractivity contribution >= 4 is 32.9 Å². The molecule has 30 heavy (non-hydrogen) atoms. The van der Waals surface area contributed by atoms with Crippen LogP contribution in [0, 0.1) is 6.92 Å². The molecule has 4 nitrogen and oxygen atoms in total. The Morgan fingerprint density at radius 3 is 2.50 bits per heavy atom. The number of hydrogen-bond acceptors (Lipinski definition) is 2. The third kappa shape index (κ3) is 4.46. The molecule has 0 fully saturated rings. The van der Waals surface area contributed by atoms with Crippen LogP contribution in [0.1, 0.15) is 35.5 Å². The lowest BCUT2D eigenvalue weighted by Crippen LogP contribution is -2.30. The number of fused-ring (bicyclic) bond motifs is 1. The second kappa shape index (κ2) is 8.84. The highest BCUT2D eigenvalue weighted by atomic mass is 79.9. The quantitative estimate of drug-likeness (QED) is 0.407. The molecule has 0 bridgehead atoms. The number of halogens is 1. The van der Waals surface area contributed by atoms with Crippen LogP contribution in [0.2, 0.25) is 0 Å². The van der Waals surface area contributed by atoms with E-state index < -0.39 is 0 Å². The van der Waals surface area contributed by atoms with Crippen LogP contribution in [0.3, 0.4) is 0 Å². The van der Waals surface area contributed by atoms with E-state index in [0.29, 0.717) is 13.0 Å². The Morgan fingerprint density at radius 1 is 1.03 bits per heavy atom. The first-order chi connectivity index (χ1) is 14.5. The summed E-state index contributed by atoms with van der Waals surface area (Å²) in [5.74, 6) is 0.858. The lowest BCUT2D eigenvalue weighted by molar-refractivity contribution is -0.121. The van der Waals surface area contributed by atoms with Gasteiger partial charge in [0.2, 0.25) is 5.91 Å². The second-order valence-electron chi connectivity index (χ2n) is 7.56. The van der Waals surface area contributed by atoms with Crippen LogP contribution in [-0.2, 0) is 17.8 Å². The molecule has 0 aliphatic rings. The summed E-state index contributed by atoms with van der Waals surface area (Å²) in [5, 5.41) is 3.14. The topological polar surface area (TPSA) is 46.9 Å². The molecule has 1 heterocycles. The minimum absolute atomic E-state index is 0.000882. The van der Waals surface area contributed by atoms with Crippen LogP contribution >= 0.6 is 15.9 Å². The number of amides is 1. The standard InChI is InChI=1S/C25H24BrN3O/c1-17-7-3-4-8-20(17)15-24(30)27-18(2)25-28-22-9-5-6-10-23(22)29(25)16-19-11-13-21(26)14-12-19/h3-14,18H,15-16H2,1-2H3,(H,27,30). The number of aromatic nitrogens is 2. The van der Waals surface area contributed by atoms with Gasteiger partial charge in [-0.3, -0.25) is 4.79 Å². The Bertz CT molecular complexity index is 1180. The maximum atomic E-state index is 12.7. The number of nitrogens with one attached hydrogen (secondary N) is 1. The summed E-state index contributed by atoms with van der Waals surface area (Å²) in [5.41, 5.74) is 5.36. The Morgan fingerprint density at radius 2 is 1.73 bits per heavy atom. The monoisotopic (exact) mass is 461 g/mol. The van der Waals surface area contributed by atoms with Crippen molar-refractivity contribution in [3.05, 3.63) is 99.8 Å². The zero-order valence-corrected chi connectivity index (χ0v) is 18.7. The van der Waals surface area contributed by atoms with Gasteiger partial charge in [-0.1, -0.05) is 64.5 Å². The lowest BCUT2D eigenvalue weighted by atomic mass is 10.1. The van der Waals surface area contributed by atoms with E-state index in [2.05, 4.69) is 44.0 Å². The number of carbonyl (C=O) groups is 1. The van der Waals surface area contributed by atoms with Crippen molar-refractivity contribution in [3.8, 4) is 0 Å². The van der Waals surface area contributed by atoms with Crippen LogP contribution < -0.4 is 5.32 Å². The minimum atomic E-state index is -0.204. The first-order valence-corrected chi connectivity index (χ1v) is 10.8. The SMILES string of the molecule is Cc1ccccc1CC(=O)NC(C)c1nc2ccccc2n1Cc1ccc(Br)cc1. The molecule has 1 aromatic heterocycles. The first-order valence-electron chi connectivity index (χ1n) is 10.0. The zero-order valence-electron chi connectivity index (χ0n) is 17.1. The smallest absolute Gasteiger partial charge is 0.225 e. The minimum Gasteiger partial charge on any atom is -0.346 e. The van der Waals surface area contributed by atoms with Crippen LogP contribution in [0.4, 0.5) is 0 Å². The summed E-state index contributed by atoms with van der Waals surface area (Å²) in [7, 11) is 0. The molecule has 0 spiro atoms. The second-order valence-corrected chi connectivity index (χ2v) is 8.48. The molecule has 0 saturated heterocycles. The molecular formula is C25H24BrN3O. The van der Waals surface area contributed by atoms with Gasteiger partial charge in [0.25, 0.3) is 0 Å². The van der Waals surface area contributed by atoms with Crippen molar-refractivity contribution in [2.24, 2.45) is 0 Å². The van der Waals surface area contributed by atoms with Crippen molar-refractivity contribution in [2.75, 3.05) is 0 Å². The fraction of sp³-hybridized carbons (Fsp3) is 0.200. The van der Waals surface area contributed by atoms with Gasteiger partial charge in [-0.2, -0.15) is 0 Å². The summed E-state index contributed by atoms with van der Waals surface area (Å²) in [4.78, 5) is 17.6. The van der Waals surface area contributed by atoms with Gasteiger partial charge in [0.15, 0.2) is 0 Å². The van der Waals surface area contributed by atoms with Crippen molar-refractivity contribution in [1.82, 2.24) is 14.9 Å². The third-order valence-electron chi connectivity index (χ3n) is 5.32. The van der Waals surface area contributed by atoms with E-state index in [9.17, 15) is 4.79 Å². The highest BCUT2D eigenvalue weighted by Gasteiger charge is 2.19. The summed E-state index contributed by atoms with van der Waals surface area (Å²) in [6, 6.07) is 24.2. The van der Waals surface area contributed by atoms with Crippen molar-refractivity contribution in [1.29, 1.82) is 0 Å². The van der Waals surface area contributed by atoms with Gasteiger partial charge >= 0.3 is 0 Å². The molecule has 4 aromatic rings. The summed E-state index contributed by atoms with van der Waals surface area (Å²) in [6.45, 7) is 4.72. The van der Waals surface area contributed by atoms with Crippen LogP contribution in [0.25, 0.3) is 11.0 Å². The predicted molar refractivity (Wildman–Crippen MR) is 124 cm³/mol. The Kier molecular flexibility index (Phi) is 6.00. The number of benzene rings is 3. The van der Waals surface area contributed by atoms with E-state index in [0.717, 1.165) is 32.5 Å².